The second kappa shape index (κ2) is 5.74. The zero-order valence-electron chi connectivity index (χ0n) is 12.4. The average Bonchev–Trinajstić information content (AvgIpc) is 2.35. The molecule has 0 aliphatic heterocycles. The van der Waals surface area contributed by atoms with Crippen molar-refractivity contribution in [2.24, 2.45) is 17.0 Å². The van der Waals surface area contributed by atoms with Gasteiger partial charge in [0.15, 0.2) is 0 Å². The summed E-state index contributed by atoms with van der Waals surface area (Å²) in [5.41, 5.74) is 1.52. The number of aryl methyl sites for hydroxylation is 1. The second-order valence-corrected chi connectivity index (χ2v) is 7.66. The molecule has 3 unspecified atom stereocenters. The van der Waals surface area contributed by atoms with Crippen LogP contribution in [0.25, 0.3) is 0 Å². The zero-order chi connectivity index (χ0) is 14.9. The topological polar surface area (TPSA) is 72.2 Å². The number of hydrogen-bond donors (Lipinski definition) is 2. The molecule has 0 amide bonds. The Bertz CT molecular complexity index is 584. The highest BCUT2D eigenvalue weighted by Crippen LogP contribution is 2.31. The van der Waals surface area contributed by atoms with Crippen molar-refractivity contribution in [2.75, 3.05) is 5.32 Å². The van der Waals surface area contributed by atoms with Crippen LogP contribution in [-0.4, -0.2) is 14.5 Å². The first-order chi connectivity index (χ1) is 9.27. The third-order valence-corrected chi connectivity index (χ3v) is 5.52. The number of hydrogen-bond acceptors (Lipinski definition) is 3. The Labute approximate surface area is 121 Å². The van der Waals surface area contributed by atoms with Crippen LogP contribution in [0, 0.1) is 18.8 Å². The first-order valence-electron chi connectivity index (χ1n) is 7.17. The molecule has 0 aromatic heterocycles. The number of rotatable bonds is 3. The summed E-state index contributed by atoms with van der Waals surface area (Å²) in [4.78, 5) is 0.208. The molecule has 3 N–H and O–H groups in total. The summed E-state index contributed by atoms with van der Waals surface area (Å²) in [6, 6.07) is 5.79. The normalized spacial score (nSPS) is 27.3. The van der Waals surface area contributed by atoms with Gasteiger partial charge in [-0.2, -0.15) is 0 Å². The van der Waals surface area contributed by atoms with E-state index in [4.69, 9.17) is 5.14 Å². The monoisotopic (exact) mass is 296 g/mol. The fourth-order valence-corrected chi connectivity index (χ4v) is 3.72. The number of anilines is 1. The van der Waals surface area contributed by atoms with E-state index >= 15 is 0 Å². The van der Waals surface area contributed by atoms with Gasteiger partial charge in [0, 0.05) is 11.7 Å². The Morgan fingerprint density at radius 1 is 1.20 bits per heavy atom. The Morgan fingerprint density at radius 2 is 1.90 bits per heavy atom. The standard InChI is InChI=1S/C15H24N2O2S/c1-10-4-6-13(8-12(10)3)17-14-7-5-11(2)15(9-14)20(16,18)19/h5,7,9-10,12-13,17H,4,6,8H2,1-3H3,(H2,16,18,19). The molecule has 1 fully saturated rings. The highest BCUT2D eigenvalue weighted by atomic mass is 32.2. The molecule has 0 saturated heterocycles. The lowest BCUT2D eigenvalue weighted by atomic mass is 9.79. The van der Waals surface area contributed by atoms with Crippen molar-refractivity contribution in [2.45, 2.75) is 51.0 Å². The van der Waals surface area contributed by atoms with E-state index in [9.17, 15) is 8.42 Å². The predicted octanol–water partition coefficient (Wildman–Crippen LogP) is 2.88. The molecule has 112 valence electrons. The van der Waals surface area contributed by atoms with E-state index in [0.717, 1.165) is 24.4 Å². The molecular formula is C15H24N2O2S. The molecule has 2 rings (SSSR count). The van der Waals surface area contributed by atoms with Gasteiger partial charge in [-0.3, -0.25) is 0 Å². The summed E-state index contributed by atoms with van der Waals surface area (Å²) in [5, 5.41) is 8.70. The molecule has 1 aromatic rings. The molecule has 3 atom stereocenters. The van der Waals surface area contributed by atoms with Crippen molar-refractivity contribution in [3.63, 3.8) is 0 Å². The van der Waals surface area contributed by atoms with E-state index in [2.05, 4.69) is 19.2 Å². The molecule has 4 nitrogen and oxygen atoms in total. The van der Waals surface area contributed by atoms with Gasteiger partial charge in [0.25, 0.3) is 0 Å². The molecule has 1 aliphatic rings. The van der Waals surface area contributed by atoms with Crippen molar-refractivity contribution >= 4 is 15.7 Å². The molecule has 0 spiro atoms. The second-order valence-electron chi connectivity index (χ2n) is 6.13. The molecule has 1 saturated carbocycles. The molecule has 1 aromatic carbocycles. The lowest BCUT2D eigenvalue weighted by Gasteiger charge is -2.33. The fourth-order valence-electron chi connectivity index (χ4n) is 2.91. The van der Waals surface area contributed by atoms with Crippen LogP contribution in [0.1, 0.15) is 38.7 Å². The van der Waals surface area contributed by atoms with Crippen molar-refractivity contribution in [3.8, 4) is 0 Å². The Balaban J connectivity index is 2.15. The van der Waals surface area contributed by atoms with E-state index in [1.807, 2.05) is 6.07 Å². The number of sulfonamides is 1. The number of nitrogens with two attached hydrogens (primary N) is 1. The van der Waals surface area contributed by atoms with Crippen molar-refractivity contribution in [1.82, 2.24) is 0 Å². The SMILES string of the molecule is Cc1ccc(NC2CCC(C)C(C)C2)cc1S(N)(=O)=O. The molecule has 5 heteroatoms. The van der Waals surface area contributed by atoms with Crippen molar-refractivity contribution < 1.29 is 8.42 Å². The Hall–Kier alpha value is -1.07. The predicted molar refractivity (Wildman–Crippen MR) is 82.1 cm³/mol. The number of benzene rings is 1. The minimum atomic E-state index is -3.66. The number of primary sulfonamides is 1. The van der Waals surface area contributed by atoms with Gasteiger partial charge in [0.05, 0.1) is 4.90 Å². The van der Waals surface area contributed by atoms with Crippen LogP contribution in [0.2, 0.25) is 0 Å². The summed E-state index contributed by atoms with van der Waals surface area (Å²) in [6.45, 7) is 6.34. The van der Waals surface area contributed by atoms with Gasteiger partial charge in [-0.1, -0.05) is 19.9 Å². The van der Waals surface area contributed by atoms with Gasteiger partial charge < -0.3 is 5.32 Å². The molecule has 20 heavy (non-hydrogen) atoms. The zero-order valence-corrected chi connectivity index (χ0v) is 13.2. The third-order valence-electron chi connectivity index (χ3n) is 4.46. The molecule has 0 heterocycles. The van der Waals surface area contributed by atoms with E-state index in [-0.39, 0.29) is 4.90 Å². The summed E-state index contributed by atoms with van der Waals surface area (Å²) >= 11 is 0. The first kappa shape index (κ1) is 15.3. The highest BCUT2D eigenvalue weighted by molar-refractivity contribution is 7.89. The van der Waals surface area contributed by atoms with Crippen LogP contribution >= 0.6 is 0 Å². The third kappa shape index (κ3) is 3.52. The van der Waals surface area contributed by atoms with Gasteiger partial charge in [-0.25, -0.2) is 13.6 Å². The van der Waals surface area contributed by atoms with Gasteiger partial charge in [-0.15, -0.1) is 0 Å². The van der Waals surface area contributed by atoms with Gasteiger partial charge >= 0.3 is 0 Å². The Kier molecular flexibility index (Phi) is 4.39. The van der Waals surface area contributed by atoms with Crippen molar-refractivity contribution in [1.29, 1.82) is 0 Å². The van der Waals surface area contributed by atoms with Crippen molar-refractivity contribution in [3.05, 3.63) is 23.8 Å². The maximum absolute atomic E-state index is 11.5. The lowest BCUT2D eigenvalue weighted by molar-refractivity contribution is 0.261. The maximum atomic E-state index is 11.5. The lowest BCUT2D eigenvalue weighted by Crippen LogP contribution is -2.30. The van der Waals surface area contributed by atoms with Crippen LogP contribution in [0.3, 0.4) is 0 Å². The average molecular weight is 296 g/mol. The summed E-state index contributed by atoms with van der Waals surface area (Å²) in [5.74, 6) is 1.47. The first-order valence-corrected chi connectivity index (χ1v) is 8.72. The highest BCUT2D eigenvalue weighted by Gasteiger charge is 2.24. The maximum Gasteiger partial charge on any atom is 0.238 e. The summed E-state index contributed by atoms with van der Waals surface area (Å²) in [7, 11) is -3.66. The minimum Gasteiger partial charge on any atom is -0.382 e. The Morgan fingerprint density at radius 3 is 2.50 bits per heavy atom. The van der Waals surface area contributed by atoms with Crippen LogP contribution in [-0.2, 0) is 10.0 Å². The molecule has 1 aliphatic carbocycles. The van der Waals surface area contributed by atoms with E-state index in [0.29, 0.717) is 17.5 Å². The van der Waals surface area contributed by atoms with Crippen LogP contribution < -0.4 is 10.5 Å². The van der Waals surface area contributed by atoms with Crippen LogP contribution in [0.5, 0.6) is 0 Å². The van der Waals surface area contributed by atoms with Gasteiger partial charge in [0.2, 0.25) is 10.0 Å². The smallest absolute Gasteiger partial charge is 0.238 e. The van der Waals surface area contributed by atoms with Gasteiger partial charge in [0.1, 0.15) is 0 Å². The molecule has 0 bridgehead atoms. The van der Waals surface area contributed by atoms with E-state index < -0.39 is 10.0 Å². The largest absolute Gasteiger partial charge is 0.382 e. The van der Waals surface area contributed by atoms with Gasteiger partial charge in [-0.05, 0) is 55.7 Å². The number of nitrogens with one attached hydrogen (secondary N) is 1. The quantitative estimate of drug-likeness (QED) is 0.901. The van der Waals surface area contributed by atoms with Crippen LogP contribution in [0.15, 0.2) is 23.1 Å². The summed E-state index contributed by atoms with van der Waals surface area (Å²) in [6.07, 6.45) is 3.47. The minimum absolute atomic E-state index is 0.208. The summed E-state index contributed by atoms with van der Waals surface area (Å²) < 4.78 is 23.1. The molecule has 0 radical (unpaired) electrons. The molecular weight excluding hydrogens is 272 g/mol. The van der Waals surface area contributed by atoms with E-state index in [1.165, 1.54) is 6.42 Å². The fraction of sp³-hybridized carbons (Fsp3) is 0.600. The van der Waals surface area contributed by atoms with Crippen LogP contribution in [0.4, 0.5) is 5.69 Å². The van der Waals surface area contributed by atoms with E-state index in [1.54, 1.807) is 19.1 Å².